The summed E-state index contributed by atoms with van der Waals surface area (Å²) in [5.41, 5.74) is 1.92. The van der Waals surface area contributed by atoms with Crippen LogP contribution in [0.1, 0.15) is 6.92 Å². The van der Waals surface area contributed by atoms with E-state index in [4.69, 9.17) is 17.0 Å². The van der Waals surface area contributed by atoms with Gasteiger partial charge in [0.25, 0.3) is 5.69 Å². The lowest BCUT2D eigenvalue weighted by atomic mass is 10.2. The van der Waals surface area contributed by atoms with E-state index in [2.05, 4.69) is 10.6 Å². The van der Waals surface area contributed by atoms with Gasteiger partial charge in [0.15, 0.2) is 5.11 Å². The zero-order valence-corrected chi connectivity index (χ0v) is 15.3. The lowest BCUT2D eigenvalue weighted by Gasteiger charge is -2.16. The van der Waals surface area contributed by atoms with Crippen LogP contribution in [0.15, 0.2) is 42.5 Å². The largest absolute Gasteiger partial charge is 0.494 e. The molecule has 2 aromatic rings. The van der Waals surface area contributed by atoms with E-state index in [1.807, 2.05) is 0 Å². The number of methoxy groups -OCH3 is 1. The number of rotatable bonds is 5. The second-order valence-corrected chi connectivity index (χ2v) is 5.75. The molecule has 2 rings (SSSR count). The summed E-state index contributed by atoms with van der Waals surface area (Å²) in [6, 6.07) is 11.4. The van der Waals surface area contributed by atoms with Crippen molar-refractivity contribution >= 4 is 46.0 Å². The maximum atomic E-state index is 11.4. The molecule has 0 fully saturated rings. The maximum absolute atomic E-state index is 11.4. The molecule has 0 aliphatic rings. The predicted octanol–water partition coefficient (Wildman–Crippen LogP) is 3.40. The molecular weight excluding hydrogens is 356 g/mol. The third-order valence-electron chi connectivity index (χ3n) is 3.63. The van der Waals surface area contributed by atoms with E-state index in [0.717, 1.165) is 11.4 Å². The number of nitrogens with zero attached hydrogens (tertiary/aromatic N) is 2. The van der Waals surface area contributed by atoms with Gasteiger partial charge < -0.3 is 20.3 Å². The van der Waals surface area contributed by atoms with Crippen LogP contribution in [0, 0.1) is 10.1 Å². The molecule has 136 valence electrons. The van der Waals surface area contributed by atoms with E-state index in [1.165, 1.54) is 37.1 Å². The first-order valence-electron chi connectivity index (χ1n) is 7.56. The highest BCUT2D eigenvalue weighted by molar-refractivity contribution is 7.80. The van der Waals surface area contributed by atoms with Gasteiger partial charge in [-0.15, -0.1) is 0 Å². The van der Waals surface area contributed by atoms with E-state index in [1.54, 1.807) is 31.3 Å². The van der Waals surface area contributed by atoms with Crippen LogP contribution in [0.2, 0.25) is 0 Å². The Balaban J connectivity index is 2.07. The van der Waals surface area contributed by atoms with Gasteiger partial charge in [0, 0.05) is 31.4 Å². The van der Waals surface area contributed by atoms with Gasteiger partial charge in [0.1, 0.15) is 5.75 Å². The molecule has 9 heteroatoms. The molecular formula is C17H18N4O4S. The Morgan fingerprint density at radius 3 is 2.38 bits per heavy atom. The molecule has 2 N–H and O–H groups in total. The van der Waals surface area contributed by atoms with Gasteiger partial charge in [-0.05, 0) is 42.5 Å². The predicted molar refractivity (Wildman–Crippen MR) is 105 cm³/mol. The minimum absolute atomic E-state index is 0.0619. The zero-order chi connectivity index (χ0) is 19.3. The Kier molecular flexibility index (Phi) is 6.07. The highest BCUT2D eigenvalue weighted by Crippen LogP contribution is 2.29. The van der Waals surface area contributed by atoms with Crippen molar-refractivity contribution in [2.24, 2.45) is 0 Å². The monoisotopic (exact) mass is 374 g/mol. The van der Waals surface area contributed by atoms with Gasteiger partial charge >= 0.3 is 0 Å². The summed E-state index contributed by atoms with van der Waals surface area (Å²) in [5, 5.41) is 17.1. The molecule has 0 unspecified atom stereocenters. The molecule has 0 saturated carbocycles. The van der Waals surface area contributed by atoms with E-state index in [0.29, 0.717) is 16.5 Å². The molecule has 0 saturated heterocycles. The molecule has 2 aromatic carbocycles. The number of amides is 1. The third kappa shape index (κ3) is 4.67. The number of carbonyl (C=O) groups excluding carboxylic acids is 1. The maximum Gasteiger partial charge on any atom is 0.273 e. The van der Waals surface area contributed by atoms with Crippen molar-refractivity contribution in [3.05, 3.63) is 52.6 Å². The second kappa shape index (κ2) is 8.26. The average molecular weight is 374 g/mol. The van der Waals surface area contributed by atoms with Crippen molar-refractivity contribution in [1.29, 1.82) is 0 Å². The summed E-state index contributed by atoms with van der Waals surface area (Å²) in [6.07, 6.45) is 0. The van der Waals surface area contributed by atoms with Crippen molar-refractivity contribution in [3.63, 3.8) is 0 Å². The molecule has 0 bridgehead atoms. The number of anilines is 3. The summed E-state index contributed by atoms with van der Waals surface area (Å²) >= 11 is 5.26. The number of non-ortho nitro benzene ring substituents is 1. The van der Waals surface area contributed by atoms with Gasteiger partial charge in [-0.1, -0.05) is 0 Å². The number of carbonyl (C=O) groups is 1. The molecule has 8 nitrogen and oxygen atoms in total. The van der Waals surface area contributed by atoms with Crippen LogP contribution in [-0.2, 0) is 4.79 Å². The van der Waals surface area contributed by atoms with Crippen LogP contribution in [0.3, 0.4) is 0 Å². The fourth-order valence-corrected chi connectivity index (χ4v) is 2.36. The van der Waals surface area contributed by atoms with Gasteiger partial charge in [0.2, 0.25) is 5.91 Å². The van der Waals surface area contributed by atoms with Crippen LogP contribution in [0.5, 0.6) is 5.75 Å². The first-order chi connectivity index (χ1) is 12.3. The summed E-state index contributed by atoms with van der Waals surface area (Å²) in [7, 11) is 3.11. The quantitative estimate of drug-likeness (QED) is 0.470. The van der Waals surface area contributed by atoms with Crippen LogP contribution >= 0.6 is 12.2 Å². The number of hydrogen-bond donors (Lipinski definition) is 2. The van der Waals surface area contributed by atoms with Gasteiger partial charge in [0.05, 0.1) is 23.8 Å². The number of nitro benzene ring substituents is 1. The fourth-order valence-electron chi connectivity index (χ4n) is 2.13. The average Bonchev–Trinajstić information content (AvgIpc) is 2.61. The minimum atomic E-state index is -0.498. The number of ether oxygens (including phenoxy) is 1. The van der Waals surface area contributed by atoms with Gasteiger partial charge in [-0.25, -0.2) is 0 Å². The fraction of sp³-hybridized carbons (Fsp3) is 0.176. The van der Waals surface area contributed by atoms with Crippen molar-refractivity contribution < 1.29 is 14.5 Å². The number of benzene rings is 2. The zero-order valence-electron chi connectivity index (χ0n) is 14.5. The number of thiocarbonyl (C=S) groups is 1. The lowest BCUT2D eigenvalue weighted by molar-refractivity contribution is -0.384. The van der Waals surface area contributed by atoms with Crippen LogP contribution < -0.4 is 20.3 Å². The molecule has 26 heavy (non-hydrogen) atoms. The Morgan fingerprint density at radius 1 is 1.19 bits per heavy atom. The SMILES string of the molecule is COc1cc([N+](=O)[O-])ccc1NC(=S)Nc1ccc(N(C)C(C)=O)cc1. The second-order valence-electron chi connectivity index (χ2n) is 5.35. The van der Waals surface area contributed by atoms with Crippen molar-refractivity contribution in [2.45, 2.75) is 6.92 Å². The van der Waals surface area contributed by atoms with Gasteiger partial charge in [-0.3, -0.25) is 14.9 Å². The Morgan fingerprint density at radius 2 is 1.85 bits per heavy atom. The molecule has 0 aliphatic heterocycles. The Bertz CT molecular complexity index is 839. The number of nitro groups is 1. The normalized spacial score (nSPS) is 9.96. The topological polar surface area (TPSA) is 96.7 Å². The summed E-state index contributed by atoms with van der Waals surface area (Å²) in [6.45, 7) is 1.49. The van der Waals surface area contributed by atoms with E-state index in [-0.39, 0.29) is 11.6 Å². The van der Waals surface area contributed by atoms with E-state index >= 15 is 0 Å². The molecule has 0 heterocycles. The standard InChI is InChI=1S/C17H18N4O4S/c1-11(22)20(2)13-6-4-12(5-7-13)18-17(26)19-15-9-8-14(21(23)24)10-16(15)25-3/h4-10H,1-3H3,(H2,18,19,26). The minimum Gasteiger partial charge on any atom is -0.494 e. The van der Waals surface area contributed by atoms with Crippen molar-refractivity contribution in [3.8, 4) is 5.75 Å². The van der Waals surface area contributed by atoms with Crippen LogP contribution in [0.4, 0.5) is 22.7 Å². The first-order valence-corrected chi connectivity index (χ1v) is 7.97. The molecule has 0 aromatic heterocycles. The molecule has 0 spiro atoms. The molecule has 0 atom stereocenters. The molecule has 0 radical (unpaired) electrons. The van der Waals surface area contributed by atoms with E-state index in [9.17, 15) is 14.9 Å². The van der Waals surface area contributed by atoms with Crippen molar-refractivity contribution in [2.75, 3.05) is 29.7 Å². The summed E-state index contributed by atoms with van der Waals surface area (Å²) < 4.78 is 5.16. The lowest BCUT2D eigenvalue weighted by Crippen LogP contribution is -2.23. The molecule has 1 amide bonds. The Labute approximate surface area is 155 Å². The Hall–Kier alpha value is -3.20. The summed E-state index contributed by atoms with van der Waals surface area (Å²) in [5.74, 6) is 0.245. The number of nitrogens with one attached hydrogen (secondary N) is 2. The number of hydrogen-bond acceptors (Lipinski definition) is 5. The summed E-state index contributed by atoms with van der Waals surface area (Å²) in [4.78, 5) is 23.2. The highest BCUT2D eigenvalue weighted by atomic mass is 32.1. The third-order valence-corrected chi connectivity index (χ3v) is 3.83. The molecule has 0 aliphatic carbocycles. The van der Waals surface area contributed by atoms with Gasteiger partial charge in [-0.2, -0.15) is 0 Å². The van der Waals surface area contributed by atoms with Crippen molar-refractivity contribution in [1.82, 2.24) is 0 Å². The smallest absolute Gasteiger partial charge is 0.273 e. The van der Waals surface area contributed by atoms with Crippen LogP contribution in [0.25, 0.3) is 0 Å². The van der Waals surface area contributed by atoms with E-state index < -0.39 is 4.92 Å². The van der Waals surface area contributed by atoms with Crippen LogP contribution in [-0.4, -0.2) is 30.1 Å². The highest BCUT2D eigenvalue weighted by Gasteiger charge is 2.12. The first kappa shape index (κ1) is 19.1.